The van der Waals surface area contributed by atoms with Crippen LogP contribution in [0.3, 0.4) is 0 Å². The largest absolute Gasteiger partial charge is 0.465 e. The number of esters is 1. The number of carbonyl (C=O) groups is 2. The highest BCUT2D eigenvalue weighted by Crippen LogP contribution is 2.13. The van der Waals surface area contributed by atoms with Crippen molar-refractivity contribution in [3.8, 4) is 6.07 Å². The van der Waals surface area contributed by atoms with E-state index in [0.29, 0.717) is 24.4 Å². The standard InChI is InChI=1S/C15H19N3O3/c1-3-21-15(20)11-18(2)9-8-14(19)17-13-7-5-4-6-12(13)10-16/h4-7H,3,8-9,11H2,1-2H3,(H,17,19). The highest BCUT2D eigenvalue weighted by atomic mass is 16.5. The molecule has 0 fully saturated rings. The molecule has 112 valence electrons. The van der Waals surface area contributed by atoms with E-state index in [1.807, 2.05) is 6.07 Å². The summed E-state index contributed by atoms with van der Waals surface area (Å²) in [4.78, 5) is 24.8. The summed E-state index contributed by atoms with van der Waals surface area (Å²) in [5.41, 5.74) is 0.920. The van der Waals surface area contributed by atoms with Crippen LogP contribution in [-0.2, 0) is 14.3 Å². The molecule has 0 heterocycles. The van der Waals surface area contributed by atoms with Crippen molar-refractivity contribution in [1.82, 2.24) is 4.90 Å². The molecule has 0 aliphatic heterocycles. The van der Waals surface area contributed by atoms with E-state index in [4.69, 9.17) is 10.00 Å². The maximum Gasteiger partial charge on any atom is 0.320 e. The minimum atomic E-state index is -0.310. The van der Waals surface area contributed by atoms with Gasteiger partial charge in [0.2, 0.25) is 5.91 Å². The fraction of sp³-hybridized carbons (Fsp3) is 0.400. The van der Waals surface area contributed by atoms with Crippen molar-refractivity contribution in [3.63, 3.8) is 0 Å². The molecule has 1 aromatic carbocycles. The molecule has 0 spiro atoms. The van der Waals surface area contributed by atoms with Gasteiger partial charge in [0, 0.05) is 13.0 Å². The smallest absolute Gasteiger partial charge is 0.320 e. The molecule has 0 radical (unpaired) electrons. The number of para-hydroxylation sites is 1. The van der Waals surface area contributed by atoms with E-state index in [2.05, 4.69) is 5.32 Å². The Bertz CT molecular complexity index is 537. The number of nitriles is 1. The Labute approximate surface area is 124 Å². The number of ether oxygens (including phenoxy) is 1. The lowest BCUT2D eigenvalue weighted by atomic mass is 10.2. The monoisotopic (exact) mass is 289 g/mol. The second-order valence-corrected chi connectivity index (χ2v) is 4.50. The Morgan fingerprint density at radius 3 is 2.76 bits per heavy atom. The molecule has 1 rings (SSSR count). The third-order valence-electron chi connectivity index (χ3n) is 2.75. The van der Waals surface area contributed by atoms with Gasteiger partial charge in [-0.05, 0) is 26.1 Å². The van der Waals surface area contributed by atoms with Gasteiger partial charge in [-0.15, -0.1) is 0 Å². The van der Waals surface area contributed by atoms with Crippen molar-refractivity contribution < 1.29 is 14.3 Å². The number of likely N-dealkylation sites (N-methyl/N-ethyl adjacent to an activating group) is 1. The SMILES string of the molecule is CCOC(=O)CN(C)CCC(=O)Nc1ccccc1C#N. The molecule has 0 aliphatic rings. The van der Waals surface area contributed by atoms with Crippen LogP contribution >= 0.6 is 0 Å². The summed E-state index contributed by atoms with van der Waals surface area (Å²) in [6.45, 7) is 2.67. The van der Waals surface area contributed by atoms with Gasteiger partial charge in [-0.3, -0.25) is 14.5 Å². The van der Waals surface area contributed by atoms with Crippen LogP contribution in [0.5, 0.6) is 0 Å². The third-order valence-corrected chi connectivity index (χ3v) is 2.75. The summed E-state index contributed by atoms with van der Waals surface area (Å²) < 4.78 is 4.83. The zero-order valence-corrected chi connectivity index (χ0v) is 12.3. The molecule has 0 aliphatic carbocycles. The molecular formula is C15H19N3O3. The number of amides is 1. The Kier molecular flexibility index (Phi) is 6.92. The van der Waals surface area contributed by atoms with Crippen molar-refractivity contribution in [2.75, 3.05) is 32.1 Å². The summed E-state index contributed by atoms with van der Waals surface area (Å²) in [5.74, 6) is -0.511. The van der Waals surface area contributed by atoms with E-state index in [-0.39, 0.29) is 24.8 Å². The van der Waals surface area contributed by atoms with Crippen molar-refractivity contribution in [3.05, 3.63) is 29.8 Å². The first kappa shape index (κ1) is 16.7. The van der Waals surface area contributed by atoms with Gasteiger partial charge in [0.1, 0.15) is 6.07 Å². The molecule has 21 heavy (non-hydrogen) atoms. The van der Waals surface area contributed by atoms with E-state index >= 15 is 0 Å². The van der Waals surface area contributed by atoms with Crippen molar-refractivity contribution in [2.24, 2.45) is 0 Å². The van der Waals surface area contributed by atoms with Gasteiger partial charge in [0.25, 0.3) is 0 Å². The molecule has 0 bridgehead atoms. The number of anilines is 1. The van der Waals surface area contributed by atoms with E-state index in [1.165, 1.54) is 0 Å². The molecule has 1 aromatic rings. The number of hydrogen-bond donors (Lipinski definition) is 1. The minimum absolute atomic E-state index is 0.149. The lowest BCUT2D eigenvalue weighted by Gasteiger charge is -2.15. The van der Waals surface area contributed by atoms with Crippen LogP contribution in [-0.4, -0.2) is 43.5 Å². The summed E-state index contributed by atoms with van der Waals surface area (Å²) in [5, 5.41) is 11.6. The molecule has 0 saturated carbocycles. The van der Waals surface area contributed by atoms with Gasteiger partial charge < -0.3 is 10.1 Å². The van der Waals surface area contributed by atoms with Gasteiger partial charge in [0.05, 0.1) is 24.4 Å². The van der Waals surface area contributed by atoms with Crippen molar-refractivity contribution >= 4 is 17.6 Å². The van der Waals surface area contributed by atoms with Crippen LogP contribution in [0.15, 0.2) is 24.3 Å². The van der Waals surface area contributed by atoms with Crippen LogP contribution in [0, 0.1) is 11.3 Å². The third kappa shape index (κ3) is 6.06. The topological polar surface area (TPSA) is 82.4 Å². The van der Waals surface area contributed by atoms with Crippen LogP contribution in [0.4, 0.5) is 5.69 Å². The van der Waals surface area contributed by atoms with Gasteiger partial charge >= 0.3 is 5.97 Å². The molecule has 1 N–H and O–H groups in total. The van der Waals surface area contributed by atoms with Crippen LogP contribution < -0.4 is 5.32 Å². The average Bonchev–Trinajstić information content (AvgIpc) is 2.46. The molecule has 0 unspecified atom stereocenters. The zero-order chi connectivity index (χ0) is 15.7. The number of hydrogen-bond acceptors (Lipinski definition) is 5. The Morgan fingerprint density at radius 1 is 1.38 bits per heavy atom. The highest BCUT2D eigenvalue weighted by Gasteiger charge is 2.10. The predicted octanol–water partition coefficient (Wildman–Crippen LogP) is 1.38. The van der Waals surface area contributed by atoms with Crippen LogP contribution in [0.25, 0.3) is 0 Å². The summed E-state index contributed by atoms with van der Waals surface area (Å²) in [7, 11) is 1.74. The second kappa shape index (κ2) is 8.72. The van der Waals surface area contributed by atoms with Gasteiger partial charge in [0.15, 0.2) is 0 Å². The number of carbonyl (C=O) groups excluding carboxylic acids is 2. The Balaban J connectivity index is 2.41. The normalized spacial score (nSPS) is 10.0. The van der Waals surface area contributed by atoms with E-state index in [0.717, 1.165) is 0 Å². The quantitative estimate of drug-likeness (QED) is 0.767. The van der Waals surface area contributed by atoms with Crippen molar-refractivity contribution in [1.29, 1.82) is 5.26 Å². The molecule has 0 saturated heterocycles. The summed E-state index contributed by atoms with van der Waals surface area (Å²) in [6.07, 6.45) is 0.232. The maximum atomic E-state index is 11.8. The first-order valence-electron chi connectivity index (χ1n) is 6.70. The molecule has 0 atom stereocenters. The molecule has 1 amide bonds. The predicted molar refractivity (Wildman–Crippen MR) is 78.5 cm³/mol. The molecular weight excluding hydrogens is 270 g/mol. The van der Waals surface area contributed by atoms with E-state index < -0.39 is 0 Å². The van der Waals surface area contributed by atoms with Crippen LogP contribution in [0.1, 0.15) is 18.9 Å². The highest BCUT2D eigenvalue weighted by molar-refractivity contribution is 5.92. The molecule has 6 heteroatoms. The summed E-state index contributed by atoms with van der Waals surface area (Å²) >= 11 is 0. The Hall–Kier alpha value is -2.39. The lowest BCUT2D eigenvalue weighted by Crippen LogP contribution is -2.30. The maximum absolute atomic E-state index is 11.8. The van der Waals surface area contributed by atoms with Gasteiger partial charge in [-0.1, -0.05) is 12.1 Å². The number of rotatable bonds is 7. The minimum Gasteiger partial charge on any atom is -0.465 e. The van der Waals surface area contributed by atoms with E-state index in [1.54, 1.807) is 43.1 Å². The number of benzene rings is 1. The Morgan fingerprint density at radius 2 is 2.10 bits per heavy atom. The van der Waals surface area contributed by atoms with Gasteiger partial charge in [-0.2, -0.15) is 5.26 Å². The second-order valence-electron chi connectivity index (χ2n) is 4.50. The van der Waals surface area contributed by atoms with Crippen LogP contribution in [0.2, 0.25) is 0 Å². The number of nitrogens with zero attached hydrogens (tertiary/aromatic N) is 2. The average molecular weight is 289 g/mol. The lowest BCUT2D eigenvalue weighted by molar-refractivity contribution is -0.144. The van der Waals surface area contributed by atoms with Crippen molar-refractivity contribution in [2.45, 2.75) is 13.3 Å². The fourth-order valence-electron chi connectivity index (χ4n) is 1.70. The molecule has 0 aromatic heterocycles. The van der Waals surface area contributed by atoms with E-state index in [9.17, 15) is 9.59 Å². The first-order valence-corrected chi connectivity index (χ1v) is 6.70. The van der Waals surface area contributed by atoms with Gasteiger partial charge in [-0.25, -0.2) is 0 Å². The summed E-state index contributed by atoms with van der Waals surface area (Å²) in [6, 6.07) is 8.83. The first-order chi connectivity index (χ1) is 10.1. The molecule has 6 nitrogen and oxygen atoms in total. The zero-order valence-electron chi connectivity index (χ0n) is 12.3. The fourth-order valence-corrected chi connectivity index (χ4v) is 1.70. The number of nitrogens with one attached hydrogen (secondary N) is 1.